The molecule has 1 N–H and O–H groups in total. The molecule has 1 aliphatic rings. The van der Waals surface area contributed by atoms with Crippen LogP contribution in [0, 0.1) is 0 Å². The average molecular weight is 382 g/mol. The summed E-state index contributed by atoms with van der Waals surface area (Å²) in [5.74, 6) is -0.339. The minimum atomic E-state index is -0.331. The van der Waals surface area contributed by atoms with Crippen LogP contribution in [0.1, 0.15) is 23.7 Å². The van der Waals surface area contributed by atoms with E-state index in [1.807, 2.05) is 6.92 Å². The van der Waals surface area contributed by atoms with E-state index in [2.05, 4.69) is 10.3 Å². The van der Waals surface area contributed by atoms with Gasteiger partial charge >= 0.3 is 0 Å². The molecule has 1 aromatic heterocycles. The molecule has 0 spiro atoms. The van der Waals surface area contributed by atoms with Gasteiger partial charge in [-0.25, -0.2) is 4.98 Å². The Labute approximate surface area is 163 Å². The van der Waals surface area contributed by atoms with Crippen molar-refractivity contribution in [3.8, 4) is 5.88 Å². The van der Waals surface area contributed by atoms with Crippen LogP contribution in [-0.4, -0.2) is 54.3 Å². The largest absolute Gasteiger partial charge is 0.481 e. The smallest absolute Gasteiger partial charge is 0.255 e. The molecular formula is C20H22N4O4. The Morgan fingerprint density at radius 2 is 2.04 bits per heavy atom. The number of carbonyl (C=O) groups excluding carboxylic acids is 3. The summed E-state index contributed by atoms with van der Waals surface area (Å²) in [4.78, 5) is 44.6. The first-order valence-electron chi connectivity index (χ1n) is 8.87. The lowest BCUT2D eigenvalue weighted by Gasteiger charge is -2.29. The molecule has 0 fully saturated rings. The van der Waals surface area contributed by atoms with Crippen molar-refractivity contribution < 1.29 is 19.1 Å². The molecule has 8 nitrogen and oxygen atoms in total. The Morgan fingerprint density at radius 1 is 1.29 bits per heavy atom. The fraction of sp³-hybridized carbons (Fsp3) is 0.300. The highest BCUT2D eigenvalue weighted by Crippen LogP contribution is 2.31. The highest BCUT2D eigenvalue weighted by atomic mass is 16.5. The number of hydrogen-bond donors (Lipinski definition) is 1. The number of ether oxygens (including phenoxy) is 1. The predicted octanol–water partition coefficient (Wildman–Crippen LogP) is 1.93. The number of benzene rings is 1. The molecule has 1 aromatic carbocycles. The van der Waals surface area contributed by atoms with Crippen LogP contribution in [-0.2, 0) is 9.59 Å². The van der Waals surface area contributed by atoms with E-state index in [-0.39, 0.29) is 36.7 Å². The van der Waals surface area contributed by atoms with Crippen LogP contribution < -0.4 is 15.0 Å². The number of nitrogens with one attached hydrogen (secondary N) is 1. The second-order valence-electron chi connectivity index (χ2n) is 6.63. The van der Waals surface area contributed by atoms with Crippen LogP contribution in [0.15, 0.2) is 42.6 Å². The van der Waals surface area contributed by atoms with E-state index < -0.39 is 0 Å². The van der Waals surface area contributed by atoms with E-state index in [0.717, 1.165) is 0 Å². The number of rotatable bonds is 4. The maximum absolute atomic E-state index is 13.0. The van der Waals surface area contributed by atoms with Crippen molar-refractivity contribution in [1.82, 2.24) is 9.88 Å². The quantitative estimate of drug-likeness (QED) is 0.872. The average Bonchev–Trinajstić information content (AvgIpc) is 2.81. The number of aromatic nitrogens is 1. The Bertz CT molecular complexity index is 897. The molecule has 146 valence electrons. The molecule has 28 heavy (non-hydrogen) atoms. The van der Waals surface area contributed by atoms with E-state index in [0.29, 0.717) is 22.8 Å². The summed E-state index contributed by atoms with van der Waals surface area (Å²) >= 11 is 0. The number of hydrogen-bond acceptors (Lipinski definition) is 5. The van der Waals surface area contributed by atoms with Gasteiger partial charge in [0.2, 0.25) is 17.7 Å². The number of amides is 3. The topological polar surface area (TPSA) is 91.8 Å². The van der Waals surface area contributed by atoms with E-state index in [1.54, 1.807) is 48.3 Å². The van der Waals surface area contributed by atoms with Gasteiger partial charge in [0.05, 0.1) is 24.0 Å². The number of carbonyl (C=O) groups is 3. The molecule has 0 aliphatic carbocycles. The monoisotopic (exact) mass is 382 g/mol. The number of methoxy groups -OCH3 is 1. The molecule has 0 unspecified atom stereocenters. The van der Waals surface area contributed by atoms with Gasteiger partial charge in [0.15, 0.2) is 0 Å². The minimum Gasteiger partial charge on any atom is -0.481 e. The van der Waals surface area contributed by atoms with E-state index in [1.165, 1.54) is 18.2 Å². The molecule has 2 aromatic rings. The Morgan fingerprint density at radius 3 is 2.71 bits per heavy atom. The van der Waals surface area contributed by atoms with Crippen molar-refractivity contribution in [3.63, 3.8) is 0 Å². The van der Waals surface area contributed by atoms with Crippen molar-refractivity contribution in [2.24, 2.45) is 0 Å². The third-order valence-electron chi connectivity index (χ3n) is 4.54. The summed E-state index contributed by atoms with van der Waals surface area (Å²) in [6.07, 6.45) is 1.59. The van der Waals surface area contributed by atoms with Crippen LogP contribution in [0.3, 0.4) is 0 Å². The van der Waals surface area contributed by atoms with E-state index in [4.69, 9.17) is 4.74 Å². The summed E-state index contributed by atoms with van der Waals surface area (Å²) in [7, 11) is 3.05. The Kier molecular flexibility index (Phi) is 5.58. The van der Waals surface area contributed by atoms with Gasteiger partial charge in [0.1, 0.15) is 6.54 Å². The zero-order valence-electron chi connectivity index (χ0n) is 16.0. The van der Waals surface area contributed by atoms with Crippen molar-refractivity contribution in [3.05, 3.63) is 48.2 Å². The van der Waals surface area contributed by atoms with Crippen LogP contribution >= 0.6 is 0 Å². The number of pyridine rings is 1. The predicted molar refractivity (Wildman–Crippen MR) is 104 cm³/mol. The molecule has 0 saturated heterocycles. The molecule has 3 amide bonds. The normalized spacial score (nSPS) is 15.9. The third-order valence-corrected chi connectivity index (χ3v) is 4.54. The lowest BCUT2D eigenvalue weighted by molar-refractivity contribution is -0.119. The number of nitrogens with zero attached hydrogens (tertiary/aromatic N) is 3. The Balaban J connectivity index is 1.79. The third kappa shape index (κ3) is 3.95. The molecule has 0 radical (unpaired) electrons. The van der Waals surface area contributed by atoms with Gasteiger partial charge in [0, 0.05) is 31.8 Å². The second-order valence-corrected chi connectivity index (χ2v) is 6.63. The number of anilines is 2. The first kappa shape index (κ1) is 19.3. The lowest BCUT2D eigenvalue weighted by Crippen LogP contribution is -2.45. The van der Waals surface area contributed by atoms with Gasteiger partial charge in [0.25, 0.3) is 5.91 Å². The van der Waals surface area contributed by atoms with Gasteiger partial charge < -0.3 is 19.9 Å². The number of fused-ring (bicyclic) bond motifs is 1. The standard InChI is InChI=1S/C20H22N4O4/c1-13-10-17(25)22-15-6-4-5-7-16(15)24(13)19(26)12-23(2)20(27)14-8-9-18(28-3)21-11-14/h4-9,11,13H,10,12H2,1-3H3,(H,22,25)/t13-/m1/s1. The van der Waals surface area contributed by atoms with Gasteiger partial charge in [-0.1, -0.05) is 12.1 Å². The summed E-state index contributed by atoms with van der Waals surface area (Å²) in [5.41, 5.74) is 1.56. The highest BCUT2D eigenvalue weighted by molar-refractivity contribution is 6.06. The van der Waals surface area contributed by atoms with Crippen molar-refractivity contribution in [2.75, 3.05) is 30.9 Å². The number of para-hydroxylation sites is 2. The highest BCUT2D eigenvalue weighted by Gasteiger charge is 2.30. The van der Waals surface area contributed by atoms with Crippen LogP contribution in [0.5, 0.6) is 5.88 Å². The van der Waals surface area contributed by atoms with Crippen molar-refractivity contribution in [1.29, 1.82) is 0 Å². The minimum absolute atomic E-state index is 0.127. The van der Waals surface area contributed by atoms with Crippen molar-refractivity contribution in [2.45, 2.75) is 19.4 Å². The zero-order valence-corrected chi connectivity index (χ0v) is 16.0. The van der Waals surface area contributed by atoms with E-state index in [9.17, 15) is 14.4 Å². The SMILES string of the molecule is COc1ccc(C(=O)N(C)CC(=O)N2c3ccccc3NC(=O)C[C@H]2C)cn1. The van der Waals surface area contributed by atoms with Crippen LogP contribution in [0.25, 0.3) is 0 Å². The van der Waals surface area contributed by atoms with E-state index >= 15 is 0 Å². The molecule has 1 atom stereocenters. The molecule has 0 saturated carbocycles. The number of likely N-dealkylation sites (N-methyl/N-ethyl adjacent to an activating group) is 1. The summed E-state index contributed by atoms with van der Waals surface area (Å²) in [6, 6.07) is 10.00. The molecule has 1 aliphatic heterocycles. The molecule has 2 heterocycles. The maximum Gasteiger partial charge on any atom is 0.255 e. The zero-order chi connectivity index (χ0) is 20.3. The van der Waals surface area contributed by atoms with Crippen LogP contribution in [0.2, 0.25) is 0 Å². The summed E-state index contributed by atoms with van der Waals surface area (Å²) in [5, 5.41) is 2.82. The summed E-state index contributed by atoms with van der Waals surface area (Å²) < 4.78 is 4.99. The molecule has 8 heteroatoms. The Hall–Kier alpha value is -3.42. The molecule has 0 bridgehead atoms. The van der Waals surface area contributed by atoms with Gasteiger partial charge in [-0.2, -0.15) is 0 Å². The lowest BCUT2D eigenvalue weighted by atomic mass is 10.1. The fourth-order valence-electron chi connectivity index (χ4n) is 3.17. The molecule has 3 rings (SSSR count). The first-order valence-corrected chi connectivity index (χ1v) is 8.87. The van der Waals surface area contributed by atoms with Crippen molar-refractivity contribution >= 4 is 29.1 Å². The van der Waals surface area contributed by atoms with Gasteiger partial charge in [-0.05, 0) is 25.1 Å². The summed E-state index contributed by atoms with van der Waals surface area (Å²) in [6.45, 7) is 1.69. The van der Waals surface area contributed by atoms with Gasteiger partial charge in [-0.15, -0.1) is 0 Å². The second kappa shape index (κ2) is 8.08. The maximum atomic E-state index is 13.0. The fourth-order valence-corrected chi connectivity index (χ4v) is 3.17. The van der Waals surface area contributed by atoms with Gasteiger partial charge in [-0.3, -0.25) is 14.4 Å². The van der Waals surface area contributed by atoms with Crippen LogP contribution in [0.4, 0.5) is 11.4 Å². The first-order chi connectivity index (χ1) is 13.4. The molecular weight excluding hydrogens is 360 g/mol.